The molecule has 0 saturated heterocycles. The van der Waals surface area contributed by atoms with Crippen LogP contribution in [0.4, 0.5) is 4.79 Å². The molecule has 0 aromatic carbocycles. The molecule has 0 aliphatic carbocycles. The van der Waals surface area contributed by atoms with E-state index >= 15 is 0 Å². The van der Waals surface area contributed by atoms with Gasteiger partial charge in [0.25, 0.3) is 0 Å². The second kappa shape index (κ2) is 23.5. The Kier molecular flexibility index (Phi) is 66.5. The third kappa shape index (κ3) is 130. The molecule has 0 amide bonds. The molecule has 0 fully saturated rings. The van der Waals surface area contributed by atoms with Crippen molar-refractivity contribution in [3.63, 3.8) is 0 Å². The first-order valence-corrected chi connectivity index (χ1v) is 1.12. The van der Waals surface area contributed by atoms with Crippen molar-refractivity contribution in [2.75, 3.05) is 0 Å². The minimum atomic E-state index is -2.33. The average molecular weight is 186 g/mol. The molecule has 0 saturated carbocycles. The van der Waals surface area contributed by atoms with Crippen molar-refractivity contribution in [1.29, 1.82) is 0 Å². The predicted molar refractivity (Wildman–Crippen MR) is 6.08 cm³/mol. The fourth-order valence-electron chi connectivity index (χ4n) is 0. The molecule has 0 aromatic rings. The summed E-state index contributed by atoms with van der Waals surface area (Å²) in [6, 6.07) is 0. The molecule has 0 aromatic heterocycles. The number of carbonyl (C=O) groups excluding carboxylic acids is 1. The van der Waals surface area contributed by atoms with Crippen LogP contribution in [0.15, 0.2) is 0 Å². The van der Waals surface area contributed by atoms with Crippen LogP contribution in [0.25, 0.3) is 0 Å². The summed E-state index contributed by atoms with van der Waals surface area (Å²) in [7, 11) is 0. The van der Waals surface area contributed by atoms with Gasteiger partial charge in [-0.25, -0.2) is 0 Å². The third-order valence-corrected chi connectivity index (χ3v) is 0. The molecular formula is CCuNa2O4. The number of rotatable bonds is 0. The van der Waals surface area contributed by atoms with E-state index in [1.54, 1.807) is 0 Å². The van der Waals surface area contributed by atoms with Crippen LogP contribution < -0.4 is 69.3 Å². The Bertz CT molecular complexity index is 45.3. The molecule has 0 spiro atoms. The maximum absolute atomic E-state index is 8.33. The molecular weight excluding hydrogens is 186 g/mol. The Morgan fingerprint density at radius 2 is 1.12 bits per heavy atom. The van der Waals surface area contributed by atoms with Crippen LogP contribution in [0.5, 0.6) is 0 Å². The number of hydrogen-bond acceptors (Lipinski definition) is 4. The Morgan fingerprint density at radius 3 is 1.12 bits per heavy atom. The maximum atomic E-state index is 8.33. The van der Waals surface area contributed by atoms with Crippen molar-refractivity contribution in [3.8, 4) is 0 Å². The normalized spacial score (nSPS) is 3.75. The molecule has 0 unspecified atom stereocenters. The monoisotopic (exact) mass is 185 g/mol. The van der Waals surface area contributed by atoms with Crippen molar-refractivity contribution in [2.45, 2.75) is 0 Å². The molecule has 7 heteroatoms. The van der Waals surface area contributed by atoms with E-state index in [1.165, 1.54) is 0 Å². The van der Waals surface area contributed by atoms with Gasteiger partial charge < -0.3 is 15.0 Å². The van der Waals surface area contributed by atoms with Gasteiger partial charge in [0.15, 0.2) is 0 Å². The van der Waals surface area contributed by atoms with E-state index in [2.05, 4.69) is 15.9 Å². The summed E-state index contributed by atoms with van der Waals surface area (Å²) in [5, 5.41) is 16.7. The van der Waals surface area contributed by atoms with E-state index in [4.69, 9.17) is 18.8 Å². The summed E-state index contributed by atoms with van der Waals surface area (Å²) in [6.07, 6.45) is -2.33. The van der Waals surface area contributed by atoms with Gasteiger partial charge in [-0.2, -0.15) is 0 Å². The summed E-state index contributed by atoms with van der Waals surface area (Å²) in [4.78, 5) is 8.33. The fraction of sp³-hybridized carbons (Fsp3) is 0. The average Bonchev–Trinajstić information content (AvgIpc) is 1.41. The summed E-state index contributed by atoms with van der Waals surface area (Å²) >= 11 is 2.94. The first-order chi connectivity index (χ1) is 2.73. The summed E-state index contributed by atoms with van der Waals surface area (Å²) in [5.41, 5.74) is 0. The molecule has 4 nitrogen and oxygen atoms in total. The molecule has 0 radical (unpaired) electrons. The first-order valence-electron chi connectivity index (χ1n) is 0.735. The van der Waals surface area contributed by atoms with E-state index in [1.807, 2.05) is 0 Å². The quantitative estimate of drug-likeness (QED) is 0.351. The number of carboxylic acid groups (broad SMARTS) is 2. The van der Waals surface area contributed by atoms with E-state index in [0.29, 0.717) is 0 Å². The molecule has 0 aliphatic rings. The van der Waals surface area contributed by atoms with Crippen LogP contribution in [-0.2, 0) is 19.8 Å². The topological polar surface area (TPSA) is 80.3 Å². The SMILES string of the molecule is O=C([O-])[O-].[Na+].[Na+].[O]=[Cu]. The summed E-state index contributed by atoms with van der Waals surface area (Å²) < 4.78 is 7.81. The van der Waals surface area contributed by atoms with Gasteiger partial charge in [-0.05, 0) is 6.16 Å². The van der Waals surface area contributed by atoms with Crippen molar-refractivity contribution in [1.82, 2.24) is 0 Å². The molecule has 0 aliphatic heterocycles. The van der Waals surface area contributed by atoms with Crippen molar-refractivity contribution < 1.29 is 93.9 Å². The molecule has 0 rings (SSSR count). The summed E-state index contributed by atoms with van der Waals surface area (Å²) in [6.45, 7) is 0. The van der Waals surface area contributed by atoms with Crippen LogP contribution in [0.3, 0.4) is 0 Å². The Labute approximate surface area is 98.6 Å². The van der Waals surface area contributed by atoms with Gasteiger partial charge >= 0.3 is 78.9 Å². The van der Waals surface area contributed by atoms with Gasteiger partial charge in [-0.3, -0.25) is 0 Å². The standard InChI is InChI=1S/CH2O3.Cu.2Na.O/c2-1(3)4;;;;/h(H2,2,3,4);;;;/q;;2*+1;/p-2. The minimum absolute atomic E-state index is 0. The second-order valence-electron chi connectivity index (χ2n) is 0.250. The van der Waals surface area contributed by atoms with Crippen LogP contribution in [-0.4, -0.2) is 6.16 Å². The van der Waals surface area contributed by atoms with Gasteiger partial charge in [-0.1, -0.05) is 0 Å². The molecule has 0 heterocycles. The van der Waals surface area contributed by atoms with Gasteiger partial charge in [-0.15, -0.1) is 0 Å². The van der Waals surface area contributed by atoms with Gasteiger partial charge in [0.05, 0.1) is 0 Å². The van der Waals surface area contributed by atoms with E-state index in [9.17, 15) is 0 Å². The van der Waals surface area contributed by atoms with Gasteiger partial charge in [0.1, 0.15) is 0 Å². The fourth-order valence-corrected chi connectivity index (χ4v) is 0. The van der Waals surface area contributed by atoms with Crippen LogP contribution in [0.1, 0.15) is 0 Å². The zero-order valence-corrected chi connectivity index (χ0v) is 9.38. The van der Waals surface area contributed by atoms with Crippen molar-refractivity contribution >= 4 is 6.16 Å². The van der Waals surface area contributed by atoms with Gasteiger partial charge in [0, 0.05) is 0 Å². The predicted octanol–water partition coefficient (Wildman–Crippen LogP) is -8.56. The van der Waals surface area contributed by atoms with Crippen molar-refractivity contribution in [3.05, 3.63) is 0 Å². The summed E-state index contributed by atoms with van der Waals surface area (Å²) in [5.74, 6) is 0. The molecule has 8 heavy (non-hydrogen) atoms. The second-order valence-corrected chi connectivity index (χ2v) is 0.250. The zero-order chi connectivity index (χ0) is 5.58. The van der Waals surface area contributed by atoms with Crippen LogP contribution >= 0.6 is 0 Å². The third-order valence-electron chi connectivity index (χ3n) is 0. The van der Waals surface area contributed by atoms with E-state index in [-0.39, 0.29) is 59.1 Å². The molecule has 41 valence electrons. The first kappa shape index (κ1) is 22.6. The van der Waals surface area contributed by atoms with Gasteiger partial charge in [0.2, 0.25) is 0 Å². The molecule has 0 atom stereocenters. The zero-order valence-electron chi connectivity index (χ0n) is 4.43. The number of carbonyl (C=O) groups is 1. The molecule has 0 bridgehead atoms. The Morgan fingerprint density at radius 1 is 1.12 bits per heavy atom. The number of hydrogen-bond donors (Lipinski definition) is 0. The molecule has 0 N–H and O–H groups in total. The van der Waals surface area contributed by atoms with E-state index < -0.39 is 6.16 Å². The Hall–Kier alpha value is 1.59. The Balaban J connectivity index is -0.0000000183. The van der Waals surface area contributed by atoms with Crippen LogP contribution in [0.2, 0.25) is 0 Å². The van der Waals surface area contributed by atoms with Crippen molar-refractivity contribution in [2.24, 2.45) is 0 Å². The van der Waals surface area contributed by atoms with Crippen LogP contribution in [0, 0.1) is 0 Å². The van der Waals surface area contributed by atoms with E-state index in [0.717, 1.165) is 0 Å².